The maximum absolute atomic E-state index is 13.1. The van der Waals surface area contributed by atoms with Crippen LogP contribution in [0.3, 0.4) is 0 Å². The molecule has 6 nitrogen and oxygen atoms in total. The van der Waals surface area contributed by atoms with Gasteiger partial charge in [0.2, 0.25) is 0 Å². The van der Waals surface area contributed by atoms with Gasteiger partial charge in [-0.05, 0) is 25.8 Å². The highest BCUT2D eigenvalue weighted by molar-refractivity contribution is 6.07. The van der Waals surface area contributed by atoms with Gasteiger partial charge < -0.3 is 9.32 Å². The molecular formula is C17H18N4O2. The van der Waals surface area contributed by atoms with Crippen LogP contribution in [-0.2, 0) is 6.54 Å². The number of likely N-dealkylation sites (tertiary alicyclic amines) is 1. The van der Waals surface area contributed by atoms with Gasteiger partial charge in [0, 0.05) is 18.1 Å². The molecule has 4 rings (SSSR count). The maximum Gasteiger partial charge on any atom is 0.258 e. The molecule has 1 saturated heterocycles. The fourth-order valence-electron chi connectivity index (χ4n) is 3.42. The lowest BCUT2D eigenvalue weighted by atomic mass is 10.1. The molecule has 2 aromatic heterocycles. The Morgan fingerprint density at radius 1 is 1.39 bits per heavy atom. The van der Waals surface area contributed by atoms with Gasteiger partial charge in [0.1, 0.15) is 11.3 Å². The predicted molar refractivity (Wildman–Crippen MR) is 85.0 cm³/mol. The maximum atomic E-state index is 13.1. The first-order valence-electron chi connectivity index (χ1n) is 7.87. The SMILES string of the molecule is Cc1oc2ccccc2c1C(=O)N1CCC[C@H]1Cn1ccnn1. The number of aromatic nitrogens is 3. The van der Waals surface area contributed by atoms with E-state index < -0.39 is 0 Å². The Balaban J connectivity index is 1.65. The largest absolute Gasteiger partial charge is 0.461 e. The molecule has 1 aliphatic heterocycles. The lowest BCUT2D eigenvalue weighted by molar-refractivity contribution is 0.0721. The number of aryl methyl sites for hydroxylation is 1. The van der Waals surface area contributed by atoms with Crippen LogP contribution in [0.4, 0.5) is 0 Å². The molecular weight excluding hydrogens is 292 g/mol. The third-order valence-corrected chi connectivity index (χ3v) is 4.49. The molecule has 1 aliphatic rings. The lowest BCUT2D eigenvalue weighted by Gasteiger charge is -2.24. The minimum Gasteiger partial charge on any atom is -0.461 e. The average molecular weight is 310 g/mol. The number of carbonyl (C=O) groups excluding carboxylic acids is 1. The highest BCUT2D eigenvalue weighted by Crippen LogP contribution is 2.29. The number of benzene rings is 1. The zero-order chi connectivity index (χ0) is 15.8. The van der Waals surface area contributed by atoms with E-state index in [0.29, 0.717) is 17.9 Å². The Kier molecular flexibility index (Phi) is 3.37. The van der Waals surface area contributed by atoms with Crippen molar-refractivity contribution in [3.8, 4) is 0 Å². The molecule has 3 heterocycles. The summed E-state index contributed by atoms with van der Waals surface area (Å²) in [5.74, 6) is 0.734. The monoisotopic (exact) mass is 310 g/mol. The van der Waals surface area contributed by atoms with Crippen LogP contribution in [0.25, 0.3) is 11.0 Å². The normalized spacial score (nSPS) is 18.0. The number of amides is 1. The van der Waals surface area contributed by atoms with E-state index in [1.807, 2.05) is 42.3 Å². The van der Waals surface area contributed by atoms with E-state index in [4.69, 9.17) is 4.42 Å². The average Bonchev–Trinajstić information content (AvgIpc) is 3.26. The van der Waals surface area contributed by atoms with Crippen LogP contribution >= 0.6 is 0 Å². The van der Waals surface area contributed by atoms with Gasteiger partial charge in [-0.15, -0.1) is 5.10 Å². The lowest BCUT2D eigenvalue weighted by Crippen LogP contribution is -2.38. The second-order valence-corrected chi connectivity index (χ2v) is 5.95. The van der Waals surface area contributed by atoms with Crippen molar-refractivity contribution in [3.05, 3.63) is 48.0 Å². The molecule has 3 aromatic rings. The number of fused-ring (bicyclic) bond motifs is 1. The number of carbonyl (C=O) groups is 1. The second kappa shape index (κ2) is 5.53. The summed E-state index contributed by atoms with van der Waals surface area (Å²) in [6.07, 6.45) is 5.49. The minimum absolute atomic E-state index is 0.0510. The van der Waals surface area contributed by atoms with Crippen LogP contribution in [0.1, 0.15) is 29.0 Å². The van der Waals surface area contributed by atoms with Gasteiger partial charge in [-0.25, -0.2) is 0 Å². The number of hydrogen-bond acceptors (Lipinski definition) is 4. The molecule has 0 aliphatic carbocycles. The first-order valence-corrected chi connectivity index (χ1v) is 7.87. The summed E-state index contributed by atoms with van der Waals surface area (Å²) in [5.41, 5.74) is 1.45. The Bertz CT molecular complexity index is 838. The van der Waals surface area contributed by atoms with E-state index in [1.54, 1.807) is 10.9 Å². The highest BCUT2D eigenvalue weighted by atomic mass is 16.3. The van der Waals surface area contributed by atoms with Crippen molar-refractivity contribution >= 4 is 16.9 Å². The first kappa shape index (κ1) is 14.0. The molecule has 0 radical (unpaired) electrons. The Labute approximate surface area is 133 Å². The molecule has 1 amide bonds. The number of furan rings is 1. The fourth-order valence-corrected chi connectivity index (χ4v) is 3.42. The van der Waals surface area contributed by atoms with Crippen LogP contribution in [-0.4, -0.2) is 38.4 Å². The summed E-state index contributed by atoms with van der Waals surface area (Å²) in [6, 6.07) is 7.85. The number of rotatable bonds is 3. The van der Waals surface area contributed by atoms with Gasteiger partial charge >= 0.3 is 0 Å². The zero-order valence-corrected chi connectivity index (χ0v) is 13.0. The van der Waals surface area contributed by atoms with Crippen molar-refractivity contribution in [2.24, 2.45) is 0 Å². The summed E-state index contributed by atoms with van der Waals surface area (Å²) in [5, 5.41) is 8.74. The van der Waals surface area contributed by atoms with Crippen molar-refractivity contribution < 1.29 is 9.21 Å². The van der Waals surface area contributed by atoms with Crippen molar-refractivity contribution in [3.63, 3.8) is 0 Å². The van der Waals surface area contributed by atoms with Gasteiger partial charge in [-0.2, -0.15) is 0 Å². The van der Waals surface area contributed by atoms with E-state index in [2.05, 4.69) is 10.3 Å². The summed E-state index contributed by atoms with van der Waals surface area (Å²) >= 11 is 0. The molecule has 1 aromatic carbocycles. The van der Waals surface area contributed by atoms with E-state index in [-0.39, 0.29) is 11.9 Å². The van der Waals surface area contributed by atoms with Crippen LogP contribution in [0, 0.1) is 6.92 Å². The molecule has 6 heteroatoms. The summed E-state index contributed by atoms with van der Waals surface area (Å²) in [4.78, 5) is 15.1. The molecule has 0 bridgehead atoms. The number of nitrogens with zero attached hydrogens (tertiary/aromatic N) is 4. The van der Waals surface area contributed by atoms with Gasteiger partial charge in [-0.3, -0.25) is 9.48 Å². The second-order valence-electron chi connectivity index (χ2n) is 5.95. The molecule has 0 unspecified atom stereocenters. The summed E-state index contributed by atoms with van der Waals surface area (Å²) in [7, 11) is 0. The van der Waals surface area contributed by atoms with Crippen molar-refractivity contribution in [2.45, 2.75) is 32.4 Å². The third kappa shape index (κ3) is 2.40. The van der Waals surface area contributed by atoms with E-state index in [0.717, 1.165) is 30.4 Å². The van der Waals surface area contributed by atoms with Crippen molar-refractivity contribution in [2.75, 3.05) is 6.54 Å². The van der Waals surface area contributed by atoms with Crippen molar-refractivity contribution in [1.29, 1.82) is 0 Å². The number of para-hydroxylation sites is 1. The molecule has 1 fully saturated rings. The van der Waals surface area contributed by atoms with E-state index in [9.17, 15) is 4.79 Å². The topological polar surface area (TPSA) is 64.2 Å². The quantitative estimate of drug-likeness (QED) is 0.746. The third-order valence-electron chi connectivity index (χ3n) is 4.49. The van der Waals surface area contributed by atoms with Crippen LogP contribution in [0.5, 0.6) is 0 Å². The zero-order valence-electron chi connectivity index (χ0n) is 13.0. The summed E-state index contributed by atoms with van der Waals surface area (Å²) in [6.45, 7) is 3.31. The Morgan fingerprint density at radius 3 is 3.09 bits per heavy atom. The van der Waals surface area contributed by atoms with Gasteiger partial charge in [-0.1, -0.05) is 23.4 Å². The molecule has 0 spiro atoms. The highest BCUT2D eigenvalue weighted by Gasteiger charge is 2.32. The fraction of sp³-hybridized carbons (Fsp3) is 0.353. The van der Waals surface area contributed by atoms with Crippen molar-refractivity contribution in [1.82, 2.24) is 19.9 Å². The molecule has 0 N–H and O–H groups in total. The molecule has 0 saturated carbocycles. The Hall–Kier alpha value is -2.63. The predicted octanol–water partition coefficient (Wildman–Crippen LogP) is 2.64. The van der Waals surface area contributed by atoms with Crippen LogP contribution in [0.2, 0.25) is 0 Å². The molecule has 118 valence electrons. The van der Waals surface area contributed by atoms with Crippen LogP contribution in [0.15, 0.2) is 41.1 Å². The van der Waals surface area contributed by atoms with Gasteiger partial charge in [0.15, 0.2) is 0 Å². The van der Waals surface area contributed by atoms with Crippen LogP contribution < -0.4 is 0 Å². The standard InChI is InChI=1S/C17H18N4O2/c1-12-16(14-6-2-3-7-15(14)23-12)17(22)21-9-4-5-13(21)11-20-10-8-18-19-20/h2-3,6-8,10,13H,4-5,9,11H2,1H3/t13-/m0/s1. The molecule has 23 heavy (non-hydrogen) atoms. The smallest absolute Gasteiger partial charge is 0.258 e. The number of hydrogen-bond donors (Lipinski definition) is 0. The Morgan fingerprint density at radius 2 is 2.26 bits per heavy atom. The van der Waals surface area contributed by atoms with E-state index >= 15 is 0 Å². The van der Waals surface area contributed by atoms with E-state index in [1.165, 1.54) is 0 Å². The van der Waals surface area contributed by atoms with Gasteiger partial charge in [0.25, 0.3) is 5.91 Å². The summed E-state index contributed by atoms with van der Waals surface area (Å²) < 4.78 is 7.53. The minimum atomic E-state index is 0.0510. The first-order chi connectivity index (χ1) is 11.2. The molecule has 1 atom stereocenters. The van der Waals surface area contributed by atoms with Gasteiger partial charge in [0.05, 0.1) is 24.3 Å².